The number of ether oxygens (including phenoxy) is 1. The molecule has 0 spiro atoms. The zero-order valence-electron chi connectivity index (χ0n) is 13.8. The molecule has 3 rings (SSSR count). The van der Waals surface area contributed by atoms with Crippen molar-refractivity contribution in [3.05, 3.63) is 69.6 Å². The number of benzene rings is 2. The first kappa shape index (κ1) is 16.7. The normalized spacial score (nSPS) is 10.8. The number of hydrogen-bond donors (Lipinski definition) is 2. The second-order valence-corrected chi connectivity index (χ2v) is 5.77. The van der Waals surface area contributed by atoms with Crippen LogP contribution < -0.4 is 5.69 Å². The Morgan fingerprint density at radius 1 is 0.920 bits per heavy atom. The highest BCUT2D eigenvalue weighted by Crippen LogP contribution is 2.13. The molecule has 0 saturated heterocycles. The smallest absolute Gasteiger partial charge is 0.338 e. The van der Waals surface area contributed by atoms with Gasteiger partial charge in [-0.3, -0.25) is 4.79 Å². The number of imidazole rings is 1. The van der Waals surface area contributed by atoms with E-state index in [0.717, 1.165) is 16.6 Å². The summed E-state index contributed by atoms with van der Waals surface area (Å²) in [5.74, 6) is -0.310. The van der Waals surface area contributed by atoms with Gasteiger partial charge in [-0.15, -0.1) is 0 Å². The molecule has 0 amide bonds. The Kier molecular flexibility index (Phi) is 4.79. The summed E-state index contributed by atoms with van der Waals surface area (Å²) in [6, 6.07) is 12.3. The standard InChI is InChI=1S/C19H18N2O4/c1-2-25-18(23)14-6-3-12(4-7-14)9-15(22)10-13-5-8-16-17(11-13)21-19(24)20-16/h3-8,11H,2,9-10H2,1H3,(H2,20,21,24). The Hall–Kier alpha value is -3.15. The summed E-state index contributed by atoms with van der Waals surface area (Å²) in [6.45, 7) is 2.08. The van der Waals surface area contributed by atoms with E-state index in [9.17, 15) is 14.4 Å². The average Bonchev–Trinajstić information content (AvgIpc) is 2.95. The van der Waals surface area contributed by atoms with Crippen LogP contribution in [0.2, 0.25) is 0 Å². The number of aromatic amines is 2. The van der Waals surface area contributed by atoms with Crippen LogP contribution in [0.1, 0.15) is 28.4 Å². The number of Topliss-reactive ketones (excluding diaryl/α,β-unsaturated/α-hetero) is 1. The summed E-state index contributed by atoms with van der Waals surface area (Å²) in [5, 5.41) is 0. The van der Waals surface area contributed by atoms with Gasteiger partial charge in [0, 0.05) is 12.8 Å². The van der Waals surface area contributed by atoms with E-state index in [-0.39, 0.29) is 30.3 Å². The Labute approximate surface area is 143 Å². The number of fused-ring (bicyclic) bond motifs is 1. The molecule has 2 aromatic carbocycles. The van der Waals surface area contributed by atoms with Crippen molar-refractivity contribution < 1.29 is 14.3 Å². The van der Waals surface area contributed by atoms with Crippen LogP contribution in [0.15, 0.2) is 47.3 Å². The lowest BCUT2D eigenvalue weighted by Crippen LogP contribution is -2.08. The van der Waals surface area contributed by atoms with Crippen molar-refractivity contribution in [1.29, 1.82) is 0 Å². The molecule has 0 aliphatic carbocycles. The molecule has 6 heteroatoms. The molecular formula is C19H18N2O4. The fraction of sp³-hybridized carbons (Fsp3) is 0.211. The van der Waals surface area contributed by atoms with Crippen LogP contribution in [0.5, 0.6) is 0 Å². The van der Waals surface area contributed by atoms with Gasteiger partial charge in [0.2, 0.25) is 0 Å². The van der Waals surface area contributed by atoms with E-state index in [0.29, 0.717) is 17.7 Å². The van der Waals surface area contributed by atoms with Gasteiger partial charge in [0.25, 0.3) is 0 Å². The third-order valence-corrected chi connectivity index (χ3v) is 3.85. The molecule has 0 aliphatic rings. The quantitative estimate of drug-likeness (QED) is 0.675. The van der Waals surface area contributed by atoms with Crippen LogP contribution in [0, 0.1) is 0 Å². The fourth-order valence-electron chi connectivity index (χ4n) is 2.68. The predicted molar refractivity (Wildman–Crippen MR) is 93.7 cm³/mol. The number of aromatic nitrogens is 2. The van der Waals surface area contributed by atoms with Gasteiger partial charge in [0.1, 0.15) is 5.78 Å². The van der Waals surface area contributed by atoms with Gasteiger partial charge < -0.3 is 14.7 Å². The summed E-state index contributed by atoms with van der Waals surface area (Å²) in [5.41, 5.74) is 3.30. The van der Waals surface area contributed by atoms with Crippen molar-refractivity contribution in [2.45, 2.75) is 19.8 Å². The highest BCUT2D eigenvalue weighted by Gasteiger charge is 2.09. The molecule has 0 bridgehead atoms. The van der Waals surface area contributed by atoms with Gasteiger partial charge in [0.15, 0.2) is 0 Å². The molecule has 0 aliphatic heterocycles. The van der Waals surface area contributed by atoms with Crippen molar-refractivity contribution in [3.8, 4) is 0 Å². The first-order valence-electron chi connectivity index (χ1n) is 8.04. The van der Waals surface area contributed by atoms with Gasteiger partial charge >= 0.3 is 11.7 Å². The lowest BCUT2D eigenvalue weighted by molar-refractivity contribution is -0.117. The van der Waals surface area contributed by atoms with Gasteiger partial charge in [-0.2, -0.15) is 0 Å². The maximum Gasteiger partial charge on any atom is 0.338 e. The summed E-state index contributed by atoms with van der Waals surface area (Å²) >= 11 is 0. The number of carbonyl (C=O) groups is 2. The van der Waals surface area contributed by atoms with E-state index >= 15 is 0 Å². The third-order valence-electron chi connectivity index (χ3n) is 3.85. The van der Waals surface area contributed by atoms with E-state index in [4.69, 9.17) is 4.74 Å². The van der Waals surface area contributed by atoms with E-state index in [1.54, 1.807) is 43.3 Å². The minimum Gasteiger partial charge on any atom is -0.462 e. The molecule has 0 saturated carbocycles. The second kappa shape index (κ2) is 7.17. The van der Waals surface area contributed by atoms with Crippen LogP contribution in [-0.2, 0) is 22.4 Å². The van der Waals surface area contributed by atoms with E-state index < -0.39 is 0 Å². The van der Waals surface area contributed by atoms with Crippen LogP contribution in [0.4, 0.5) is 0 Å². The fourth-order valence-corrected chi connectivity index (χ4v) is 2.68. The Morgan fingerprint density at radius 2 is 1.56 bits per heavy atom. The first-order valence-corrected chi connectivity index (χ1v) is 8.04. The van der Waals surface area contributed by atoms with Crippen molar-refractivity contribution in [3.63, 3.8) is 0 Å². The van der Waals surface area contributed by atoms with Crippen LogP contribution in [0.3, 0.4) is 0 Å². The SMILES string of the molecule is CCOC(=O)c1ccc(CC(=O)Cc2ccc3[nH]c(=O)[nH]c3c2)cc1. The van der Waals surface area contributed by atoms with E-state index in [2.05, 4.69) is 9.97 Å². The zero-order valence-corrected chi connectivity index (χ0v) is 13.8. The summed E-state index contributed by atoms with van der Waals surface area (Å²) < 4.78 is 4.93. The average molecular weight is 338 g/mol. The van der Waals surface area contributed by atoms with Crippen molar-refractivity contribution in [2.75, 3.05) is 6.61 Å². The topological polar surface area (TPSA) is 92.0 Å². The minimum atomic E-state index is -0.367. The highest BCUT2D eigenvalue weighted by atomic mass is 16.5. The van der Waals surface area contributed by atoms with Gasteiger partial charge in [-0.25, -0.2) is 9.59 Å². The zero-order chi connectivity index (χ0) is 17.8. The van der Waals surface area contributed by atoms with Crippen molar-refractivity contribution in [1.82, 2.24) is 9.97 Å². The lowest BCUT2D eigenvalue weighted by atomic mass is 10.0. The largest absolute Gasteiger partial charge is 0.462 e. The van der Waals surface area contributed by atoms with Crippen molar-refractivity contribution in [2.24, 2.45) is 0 Å². The molecule has 0 unspecified atom stereocenters. The minimum absolute atomic E-state index is 0.0566. The van der Waals surface area contributed by atoms with Gasteiger partial charge in [0.05, 0.1) is 23.2 Å². The number of carbonyl (C=O) groups excluding carboxylic acids is 2. The molecule has 3 aromatic rings. The molecule has 0 fully saturated rings. The Balaban J connectivity index is 1.65. The molecule has 2 N–H and O–H groups in total. The molecule has 1 heterocycles. The van der Waals surface area contributed by atoms with E-state index in [1.807, 2.05) is 6.07 Å². The molecular weight excluding hydrogens is 320 g/mol. The molecule has 0 atom stereocenters. The molecule has 25 heavy (non-hydrogen) atoms. The van der Waals surface area contributed by atoms with E-state index in [1.165, 1.54) is 0 Å². The first-order chi connectivity index (χ1) is 12.0. The Morgan fingerprint density at radius 3 is 2.28 bits per heavy atom. The van der Waals surface area contributed by atoms with Crippen LogP contribution in [-0.4, -0.2) is 28.3 Å². The molecule has 1 aromatic heterocycles. The monoisotopic (exact) mass is 338 g/mol. The lowest BCUT2D eigenvalue weighted by Gasteiger charge is -2.05. The summed E-state index contributed by atoms with van der Waals surface area (Å²) in [6.07, 6.45) is 0.563. The number of H-pyrrole nitrogens is 2. The Bertz CT molecular complexity index is 967. The summed E-state index contributed by atoms with van der Waals surface area (Å²) in [4.78, 5) is 40.5. The van der Waals surface area contributed by atoms with Crippen LogP contribution in [0.25, 0.3) is 11.0 Å². The van der Waals surface area contributed by atoms with Crippen molar-refractivity contribution >= 4 is 22.8 Å². The maximum absolute atomic E-state index is 12.3. The summed E-state index contributed by atoms with van der Waals surface area (Å²) in [7, 11) is 0. The highest BCUT2D eigenvalue weighted by molar-refractivity contribution is 5.90. The van der Waals surface area contributed by atoms with Crippen LogP contribution >= 0.6 is 0 Å². The number of hydrogen-bond acceptors (Lipinski definition) is 4. The predicted octanol–water partition coefficient (Wildman–Crippen LogP) is 2.39. The van der Waals surface area contributed by atoms with Gasteiger partial charge in [-0.1, -0.05) is 18.2 Å². The third kappa shape index (κ3) is 4.03. The molecule has 128 valence electrons. The van der Waals surface area contributed by atoms with Gasteiger partial charge in [-0.05, 0) is 42.3 Å². The maximum atomic E-state index is 12.3. The molecule has 0 radical (unpaired) electrons. The second-order valence-electron chi connectivity index (χ2n) is 5.77. The number of rotatable bonds is 6. The number of ketones is 1. The molecule has 6 nitrogen and oxygen atoms in total. The number of esters is 1. The number of nitrogens with one attached hydrogen (secondary N) is 2.